The summed E-state index contributed by atoms with van der Waals surface area (Å²) in [6, 6.07) is 12.0. The fraction of sp³-hybridized carbons (Fsp3) is 0.588. The third kappa shape index (κ3) is 7.95. The summed E-state index contributed by atoms with van der Waals surface area (Å²) in [5, 5.41) is 0. The first-order valence-electron chi connectivity index (χ1n) is 15.9. The summed E-state index contributed by atoms with van der Waals surface area (Å²) in [7, 11) is 0. The fourth-order valence-electron chi connectivity index (χ4n) is 9.14. The van der Waals surface area contributed by atoms with E-state index in [4.69, 9.17) is 18.1 Å². The van der Waals surface area contributed by atoms with Gasteiger partial charge in [0.2, 0.25) is 0 Å². The Bertz CT molecular complexity index is 1400. The van der Waals surface area contributed by atoms with Gasteiger partial charge >= 0.3 is 254 Å². The Balaban J connectivity index is 3.28. The molecule has 0 aliphatic rings. The van der Waals surface area contributed by atoms with E-state index < -0.39 is 54.3 Å². The third-order valence-corrected chi connectivity index (χ3v) is 26.9. The van der Waals surface area contributed by atoms with E-state index in [-0.39, 0.29) is 24.0 Å². The van der Waals surface area contributed by atoms with E-state index in [0.29, 0.717) is 24.2 Å². The van der Waals surface area contributed by atoms with Crippen LogP contribution in [0.15, 0.2) is 48.5 Å². The monoisotopic (exact) mass is 637 g/mol. The zero-order valence-corrected chi connectivity index (χ0v) is 29.4. The molecule has 0 aliphatic heterocycles. The molecule has 43 heavy (non-hydrogen) atoms. The molecule has 0 saturated heterocycles. The Kier molecular flexibility index (Phi) is 8.73. The minimum atomic E-state index is -9.24. The fourth-order valence-corrected chi connectivity index (χ4v) is 32.3. The van der Waals surface area contributed by atoms with Crippen molar-refractivity contribution in [3.8, 4) is 0 Å². The molecule has 0 amide bonds. The predicted molar refractivity (Wildman–Crippen MR) is 173 cm³/mol. The first-order valence-corrected chi connectivity index (χ1v) is 22.9. The number of nitrogens with two attached hydrogens (primary N) is 2. The summed E-state index contributed by atoms with van der Waals surface area (Å²) in [5.74, 6) is -2.05. The van der Waals surface area contributed by atoms with E-state index in [9.17, 15) is 13.3 Å². The molecule has 5 N–H and O–H groups in total. The maximum absolute atomic E-state index is 17.9. The molecular weight excluding hydrogens is 580 g/mol. The summed E-state index contributed by atoms with van der Waals surface area (Å²) in [6.45, 7) is 14.9. The molecule has 0 bridgehead atoms. The number of nitrogen functional groups attached to an aromatic ring is 2. The molecule has 0 aromatic heterocycles. The number of carbonyl (C=O) groups excluding carboxylic acids is 2. The van der Waals surface area contributed by atoms with Crippen LogP contribution < -0.4 is 11.5 Å². The first-order chi connectivity index (χ1) is 19.4. The number of hydrogen-bond donors (Lipinski definition) is 3. The second-order valence-corrected chi connectivity index (χ2v) is 33.8. The van der Waals surface area contributed by atoms with Crippen molar-refractivity contribution < 1.29 is 35.8 Å². The minimum absolute atomic E-state index is 0.0401. The Morgan fingerprint density at radius 1 is 0.651 bits per heavy atom. The van der Waals surface area contributed by atoms with Crippen LogP contribution in [0.2, 0.25) is 18.9 Å². The van der Waals surface area contributed by atoms with Gasteiger partial charge in [-0.1, -0.05) is 0 Å². The topological polar surface area (TPSA) is 142 Å². The van der Waals surface area contributed by atoms with Gasteiger partial charge in [-0.3, -0.25) is 0 Å². The number of hydrogen-bond acceptors (Lipinski definition) is 7. The molecule has 0 spiro atoms. The second kappa shape index (κ2) is 10.2. The van der Waals surface area contributed by atoms with Gasteiger partial charge in [0, 0.05) is 0 Å². The van der Waals surface area contributed by atoms with E-state index in [1.807, 2.05) is 55.4 Å². The molecule has 0 aliphatic carbocycles. The molecule has 243 valence electrons. The molecule has 0 atom stereocenters. The van der Waals surface area contributed by atoms with Crippen molar-refractivity contribution in [2.45, 2.75) is 113 Å². The Hall–Kier alpha value is -2.55. The SMILES string of the molecule is CCCC[CH2][Ti](=[O])([OH])([CH2]CCCC)([CH2]C(C)(C)C)([CH2]C(C)(C)C)([O]C(=O)c1ccc(N)cc1)[O]C(=O)c1ccc(N)cc1. The van der Waals surface area contributed by atoms with Gasteiger partial charge in [-0.05, 0) is 0 Å². The van der Waals surface area contributed by atoms with Crippen molar-refractivity contribution in [3.63, 3.8) is 0 Å². The van der Waals surface area contributed by atoms with Crippen LogP contribution in [0.4, 0.5) is 11.4 Å². The van der Waals surface area contributed by atoms with Crippen LogP contribution in [0.5, 0.6) is 0 Å². The summed E-state index contributed by atoms with van der Waals surface area (Å²) in [6.07, 6.45) is 3.01. The molecule has 2 rings (SSSR count). The van der Waals surface area contributed by atoms with Crippen molar-refractivity contribution in [2.75, 3.05) is 11.5 Å². The summed E-state index contributed by atoms with van der Waals surface area (Å²) >= 11 is -9.24. The zero-order chi connectivity index (χ0) is 33.0. The molecule has 0 radical (unpaired) electrons. The van der Waals surface area contributed by atoms with Crippen LogP contribution in [0.25, 0.3) is 0 Å². The standard InChI is InChI=1S/2C7H7NO2.4C5H11.H2O.O.Ti/c2*8-6-3-1-5(2-4-6)7(9)10;2*1-5(2,3)4;2*1-3-5-4-2;;;/h2*1-4H,8H2,(H,9,10);2*1H2,2-4H3;2*1,3-5H2,2H3;1H2;;/q;;;;;;;;+3/p-3. The summed E-state index contributed by atoms with van der Waals surface area (Å²) in [4.78, 5) is 28.8. The van der Waals surface area contributed by atoms with Crippen molar-refractivity contribution in [3.05, 3.63) is 59.7 Å². The van der Waals surface area contributed by atoms with Crippen molar-refractivity contribution in [1.29, 1.82) is 0 Å². The van der Waals surface area contributed by atoms with Gasteiger partial charge in [0.1, 0.15) is 0 Å². The molecule has 8 nitrogen and oxygen atoms in total. The molecule has 0 fully saturated rings. The number of rotatable bonds is 14. The van der Waals surface area contributed by atoms with Crippen molar-refractivity contribution in [1.82, 2.24) is 0 Å². The first kappa shape index (κ1) is 36.6. The van der Waals surface area contributed by atoms with Gasteiger partial charge in [-0.15, -0.1) is 0 Å². The average molecular weight is 638 g/mol. The molecule has 0 unspecified atom stereocenters. The molecule has 0 heterocycles. The molecular formula is C34H57N2O6Ti. The van der Waals surface area contributed by atoms with Gasteiger partial charge in [-0.2, -0.15) is 0 Å². The summed E-state index contributed by atoms with van der Waals surface area (Å²) in [5.41, 5.74) is 10.9. The van der Waals surface area contributed by atoms with Crippen LogP contribution in [0, 0.1) is 10.8 Å². The molecule has 9 heteroatoms. The predicted octanol–water partition coefficient (Wildman–Crippen LogP) is 9.39. The van der Waals surface area contributed by atoms with E-state index in [2.05, 4.69) is 0 Å². The quantitative estimate of drug-likeness (QED) is 0.106. The van der Waals surface area contributed by atoms with E-state index in [1.165, 1.54) is 48.5 Å². The van der Waals surface area contributed by atoms with Crippen LogP contribution in [0.3, 0.4) is 0 Å². The Morgan fingerprint density at radius 3 is 1.21 bits per heavy atom. The van der Waals surface area contributed by atoms with Crippen LogP contribution in [-0.4, -0.2) is 15.6 Å². The number of carbonyl (C=O) groups is 2. The van der Waals surface area contributed by atoms with Gasteiger partial charge in [0.05, 0.1) is 0 Å². The van der Waals surface area contributed by atoms with Gasteiger partial charge in [0.25, 0.3) is 0 Å². The third-order valence-electron chi connectivity index (χ3n) is 9.17. The van der Waals surface area contributed by atoms with Gasteiger partial charge in [0.15, 0.2) is 0 Å². The van der Waals surface area contributed by atoms with E-state index in [1.54, 1.807) is 0 Å². The van der Waals surface area contributed by atoms with Crippen LogP contribution in [-0.2, 0) is 22.6 Å². The molecule has 2 aromatic rings. The van der Waals surface area contributed by atoms with Crippen LogP contribution in [0.1, 0.15) is 115 Å². The van der Waals surface area contributed by atoms with Gasteiger partial charge < -0.3 is 0 Å². The molecule has 0 saturated carbocycles. The zero-order valence-electron chi connectivity index (χ0n) is 27.8. The average Bonchev–Trinajstić information content (AvgIpc) is 2.82. The van der Waals surface area contributed by atoms with E-state index >= 15 is 3.32 Å². The number of benzene rings is 2. The maximum atomic E-state index is 17.9. The van der Waals surface area contributed by atoms with Crippen LogP contribution >= 0.6 is 0 Å². The van der Waals surface area contributed by atoms with Gasteiger partial charge in [-0.25, -0.2) is 0 Å². The summed E-state index contributed by atoms with van der Waals surface area (Å²) < 4.78 is 43.5. The van der Waals surface area contributed by atoms with E-state index in [0.717, 1.165) is 12.8 Å². The molecule has 2 aromatic carbocycles. The van der Waals surface area contributed by atoms with Crippen molar-refractivity contribution in [2.24, 2.45) is 10.8 Å². The second-order valence-electron chi connectivity index (χ2n) is 16.8. The number of anilines is 2. The normalized spacial score (nSPS) is 16.2. The Labute approximate surface area is 253 Å². The number of unbranched alkanes of at least 4 members (excludes halogenated alkanes) is 4. The van der Waals surface area contributed by atoms with Crippen molar-refractivity contribution >= 4 is 23.3 Å². The Morgan fingerprint density at radius 2 is 0.953 bits per heavy atom.